The van der Waals surface area contributed by atoms with Crippen LogP contribution >= 0.6 is 0 Å². The first kappa shape index (κ1) is 15.7. The van der Waals surface area contributed by atoms with Crippen molar-refractivity contribution >= 4 is 11.9 Å². The summed E-state index contributed by atoms with van der Waals surface area (Å²) in [7, 11) is 1.35. The highest BCUT2D eigenvalue weighted by Gasteiger charge is 2.23. The van der Waals surface area contributed by atoms with Gasteiger partial charge in [-0.3, -0.25) is 4.79 Å². The summed E-state index contributed by atoms with van der Waals surface area (Å²) < 4.78 is 4.73. The van der Waals surface area contributed by atoms with E-state index in [1.54, 1.807) is 0 Å². The summed E-state index contributed by atoms with van der Waals surface area (Å²) in [5.41, 5.74) is 0. The highest BCUT2D eigenvalue weighted by atomic mass is 16.5. The third-order valence-corrected chi connectivity index (χ3v) is 3.67. The van der Waals surface area contributed by atoms with Gasteiger partial charge in [0.25, 0.3) is 0 Å². The number of amides is 1. The maximum absolute atomic E-state index is 11.9. The van der Waals surface area contributed by atoms with Crippen LogP contribution in [0.2, 0.25) is 0 Å². The van der Waals surface area contributed by atoms with Crippen LogP contribution < -0.4 is 5.32 Å². The Morgan fingerprint density at radius 3 is 2.68 bits per heavy atom. The molecule has 19 heavy (non-hydrogen) atoms. The van der Waals surface area contributed by atoms with Crippen LogP contribution in [-0.4, -0.2) is 25.0 Å². The molecule has 1 atom stereocenters. The molecule has 4 heteroatoms. The lowest BCUT2D eigenvalue weighted by Gasteiger charge is -2.17. The molecule has 0 unspecified atom stereocenters. The minimum atomic E-state index is -0.515. The molecule has 1 fully saturated rings. The second kappa shape index (κ2) is 8.73. The molecule has 0 bridgehead atoms. The van der Waals surface area contributed by atoms with E-state index in [2.05, 4.69) is 11.9 Å². The Kier molecular flexibility index (Phi) is 7.23. The van der Waals surface area contributed by atoms with Gasteiger partial charge < -0.3 is 10.1 Å². The SMILES string of the molecule is C=CCCC[C@@H](NC(=O)CC1CCCC1)C(=O)OC. The molecule has 1 aliphatic rings. The third kappa shape index (κ3) is 5.90. The number of nitrogens with one attached hydrogen (secondary N) is 1. The van der Waals surface area contributed by atoms with Crippen molar-refractivity contribution in [1.29, 1.82) is 0 Å². The first-order chi connectivity index (χ1) is 9.17. The van der Waals surface area contributed by atoms with Crippen molar-refractivity contribution in [2.75, 3.05) is 7.11 Å². The number of esters is 1. The number of methoxy groups -OCH3 is 1. The van der Waals surface area contributed by atoms with Gasteiger partial charge in [0.2, 0.25) is 5.91 Å². The highest BCUT2D eigenvalue weighted by Crippen LogP contribution is 2.27. The number of hydrogen-bond acceptors (Lipinski definition) is 3. The molecule has 0 heterocycles. The minimum absolute atomic E-state index is 0.0269. The lowest BCUT2D eigenvalue weighted by Crippen LogP contribution is -2.41. The van der Waals surface area contributed by atoms with E-state index in [0.717, 1.165) is 25.7 Å². The van der Waals surface area contributed by atoms with Gasteiger partial charge in [-0.2, -0.15) is 0 Å². The van der Waals surface area contributed by atoms with E-state index in [1.807, 2.05) is 6.08 Å². The molecule has 0 aliphatic heterocycles. The molecule has 4 nitrogen and oxygen atoms in total. The van der Waals surface area contributed by atoms with Crippen molar-refractivity contribution in [1.82, 2.24) is 5.32 Å². The largest absolute Gasteiger partial charge is 0.467 e. The highest BCUT2D eigenvalue weighted by molar-refractivity contribution is 5.84. The molecular formula is C15H25NO3. The molecule has 1 aliphatic carbocycles. The fraction of sp³-hybridized carbons (Fsp3) is 0.733. The molecule has 1 rings (SSSR count). The average molecular weight is 267 g/mol. The maximum Gasteiger partial charge on any atom is 0.328 e. The Bertz CT molecular complexity index is 309. The van der Waals surface area contributed by atoms with Gasteiger partial charge in [0.15, 0.2) is 0 Å². The van der Waals surface area contributed by atoms with Gasteiger partial charge in [0.1, 0.15) is 6.04 Å². The van der Waals surface area contributed by atoms with Crippen LogP contribution in [0.4, 0.5) is 0 Å². The molecule has 1 N–H and O–H groups in total. The lowest BCUT2D eigenvalue weighted by atomic mass is 10.0. The molecule has 0 aromatic carbocycles. The third-order valence-electron chi connectivity index (χ3n) is 3.67. The van der Waals surface area contributed by atoms with E-state index in [9.17, 15) is 9.59 Å². The topological polar surface area (TPSA) is 55.4 Å². The zero-order valence-electron chi connectivity index (χ0n) is 11.8. The summed E-state index contributed by atoms with van der Waals surface area (Å²) in [6, 6.07) is -0.515. The number of carbonyl (C=O) groups is 2. The van der Waals surface area contributed by atoms with E-state index in [0.29, 0.717) is 18.8 Å². The number of unbranched alkanes of at least 4 members (excludes halogenated alkanes) is 1. The number of allylic oxidation sites excluding steroid dienone is 1. The predicted octanol–water partition coefficient (Wildman–Crippen LogP) is 2.58. The normalized spacial score (nSPS) is 16.9. The van der Waals surface area contributed by atoms with Crippen LogP contribution in [0.25, 0.3) is 0 Å². The van der Waals surface area contributed by atoms with Crippen LogP contribution in [0.5, 0.6) is 0 Å². The summed E-state index contributed by atoms with van der Waals surface area (Å²) in [6.07, 6.45) is 9.33. The molecule has 1 saturated carbocycles. The molecule has 0 aromatic heterocycles. The van der Waals surface area contributed by atoms with Crippen LogP contribution in [0, 0.1) is 5.92 Å². The summed E-state index contributed by atoms with van der Waals surface area (Å²) >= 11 is 0. The maximum atomic E-state index is 11.9. The Hall–Kier alpha value is -1.32. The quantitative estimate of drug-likeness (QED) is 0.418. The average Bonchev–Trinajstić information content (AvgIpc) is 2.89. The van der Waals surface area contributed by atoms with E-state index in [4.69, 9.17) is 4.74 Å². The lowest BCUT2D eigenvalue weighted by molar-refractivity contribution is -0.145. The standard InChI is InChI=1S/C15H25NO3/c1-3-4-5-10-13(15(18)19-2)16-14(17)11-12-8-6-7-9-12/h3,12-13H,1,4-11H2,2H3,(H,16,17)/t13-/m1/s1. The zero-order valence-corrected chi connectivity index (χ0v) is 11.8. The van der Waals surface area contributed by atoms with Gasteiger partial charge in [0.05, 0.1) is 7.11 Å². The molecule has 0 radical (unpaired) electrons. The number of hydrogen-bond donors (Lipinski definition) is 1. The summed E-state index contributed by atoms with van der Waals surface area (Å²) in [5.74, 6) is 0.108. The van der Waals surface area contributed by atoms with E-state index in [1.165, 1.54) is 20.0 Å². The van der Waals surface area contributed by atoms with Gasteiger partial charge in [-0.25, -0.2) is 4.79 Å². The number of ether oxygens (including phenoxy) is 1. The van der Waals surface area contributed by atoms with E-state index in [-0.39, 0.29) is 11.9 Å². The van der Waals surface area contributed by atoms with Gasteiger partial charge >= 0.3 is 5.97 Å². The van der Waals surface area contributed by atoms with Crippen LogP contribution in [0.1, 0.15) is 51.4 Å². The van der Waals surface area contributed by atoms with Crippen LogP contribution in [0.3, 0.4) is 0 Å². The Balaban J connectivity index is 2.38. The van der Waals surface area contributed by atoms with E-state index >= 15 is 0 Å². The molecular weight excluding hydrogens is 242 g/mol. The Morgan fingerprint density at radius 2 is 2.11 bits per heavy atom. The number of carbonyl (C=O) groups excluding carboxylic acids is 2. The van der Waals surface area contributed by atoms with Crippen molar-refractivity contribution < 1.29 is 14.3 Å². The van der Waals surface area contributed by atoms with Gasteiger partial charge in [-0.15, -0.1) is 6.58 Å². The van der Waals surface area contributed by atoms with Gasteiger partial charge in [-0.05, 0) is 38.0 Å². The Labute approximate surface area is 115 Å². The van der Waals surface area contributed by atoms with Crippen molar-refractivity contribution in [2.45, 2.75) is 57.4 Å². The second-order valence-corrected chi connectivity index (χ2v) is 5.22. The fourth-order valence-corrected chi connectivity index (χ4v) is 2.59. The van der Waals surface area contributed by atoms with Crippen LogP contribution in [0.15, 0.2) is 12.7 Å². The van der Waals surface area contributed by atoms with Gasteiger partial charge in [0, 0.05) is 6.42 Å². The first-order valence-corrected chi connectivity index (χ1v) is 7.15. The molecule has 108 valence electrons. The minimum Gasteiger partial charge on any atom is -0.467 e. The predicted molar refractivity (Wildman–Crippen MR) is 74.6 cm³/mol. The van der Waals surface area contributed by atoms with Crippen molar-refractivity contribution in [3.63, 3.8) is 0 Å². The summed E-state index contributed by atoms with van der Waals surface area (Å²) in [4.78, 5) is 23.5. The smallest absolute Gasteiger partial charge is 0.328 e. The Morgan fingerprint density at radius 1 is 1.42 bits per heavy atom. The van der Waals surface area contributed by atoms with Crippen molar-refractivity contribution in [3.8, 4) is 0 Å². The molecule has 0 aromatic rings. The van der Waals surface area contributed by atoms with Gasteiger partial charge in [-0.1, -0.05) is 18.9 Å². The molecule has 0 saturated heterocycles. The van der Waals surface area contributed by atoms with E-state index < -0.39 is 6.04 Å². The summed E-state index contributed by atoms with van der Waals surface area (Å²) in [6.45, 7) is 3.65. The van der Waals surface area contributed by atoms with Crippen molar-refractivity contribution in [2.24, 2.45) is 5.92 Å². The summed E-state index contributed by atoms with van der Waals surface area (Å²) in [5, 5.41) is 2.81. The molecule has 1 amide bonds. The zero-order chi connectivity index (χ0) is 14.1. The van der Waals surface area contributed by atoms with Crippen LogP contribution in [-0.2, 0) is 14.3 Å². The first-order valence-electron chi connectivity index (χ1n) is 7.15. The second-order valence-electron chi connectivity index (χ2n) is 5.22. The number of rotatable bonds is 8. The monoisotopic (exact) mass is 267 g/mol. The fourth-order valence-electron chi connectivity index (χ4n) is 2.59. The molecule has 0 spiro atoms. The van der Waals surface area contributed by atoms with Crippen molar-refractivity contribution in [3.05, 3.63) is 12.7 Å².